The molecule has 1 amide bonds. The molecule has 2 N–H and O–H groups in total. The topological polar surface area (TPSA) is 106 Å². The number of thioether (sulfide) groups is 1. The lowest BCUT2D eigenvalue weighted by atomic mass is 10.3. The van der Waals surface area contributed by atoms with Gasteiger partial charge in [-0.25, -0.2) is 19.0 Å². The van der Waals surface area contributed by atoms with Gasteiger partial charge in [-0.2, -0.15) is 5.10 Å². The van der Waals surface area contributed by atoms with Crippen molar-refractivity contribution in [3.8, 4) is 5.69 Å². The van der Waals surface area contributed by atoms with Crippen LogP contribution in [0.3, 0.4) is 0 Å². The van der Waals surface area contributed by atoms with Gasteiger partial charge in [0, 0.05) is 11.6 Å². The van der Waals surface area contributed by atoms with E-state index in [0.717, 1.165) is 11.8 Å². The second kappa shape index (κ2) is 7.29. The SMILES string of the molecule is O=C(CSc1nc2c(cnn2-c2ccc(F)cc2)c(=O)[nH]1)Nc1nccs1. The van der Waals surface area contributed by atoms with Crippen molar-refractivity contribution >= 4 is 45.2 Å². The van der Waals surface area contributed by atoms with Crippen LogP contribution in [0, 0.1) is 5.82 Å². The maximum Gasteiger partial charge on any atom is 0.262 e. The van der Waals surface area contributed by atoms with Crippen LogP contribution in [0.4, 0.5) is 9.52 Å². The van der Waals surface area contributed by atoms with E-state index in [4.69, 9.17) is 0 Å². The van der Waals surface area contributed by atoms with Gasteiger partial charge < -0.3 is 10.3 Å². The van der Waals surface area contributed by atoms with E-state index in [-0.39, 0.29) is 28.2 Å². The van der Waals surface area contributed by atoms with Crippen LogP contribution in [0.2, 0.25) is 0 Å². The van der Waals surface area contributed by atoms with E-state index in [1.165, 1.54) is 34.3 Å². The zero-order valence-corrected chi connectivity index (χ0v) is 15.2. The molecule has 0 atom stereocenters. The number of aromatic nitrogens is 5. The first kappa shape index (κ1) is 17.4. The number of amides is 1. The standard InChI is InChI=1S/C16H11FN6O2S2/c17-9-1-3-10(4-2-9)23-13-11(7-19-23)14(25)22-16(21-13)27-8-12(24)20-15-18-5-6-26-15/h1-7H,8H2,(H,18,20,24)(H,21,22,25). The lowest BCUT2D eigenvalue weighted by Crippen LogP contribution is -2.15. The summed E-state index contributed by atoms with van der Waals surface area (Å²) in [5, 5.41) is 9.66. The number of halogens is 1. The monoisotopic (exact) mass is 402 g/mol. The highest BCUT2D eigenvalue weighted by atomic mass is 32.2. The van der Waals surface area contributed by atoms with E-state index in [1.54, 1.807) is 23.7 Å². The Kier molecular flexibility index (Phi) is 4.69. The summed E-state index contributed by atoms with van der Waals surface area (Å²) in [5.74, 6) is -0.577. The maximum atomic E-state index is 13.1. The van der Waals surface area contributed by atoms with Crippen LogP contribution >= 0.6 is 23.1 Å². The number of carbonyl (C=O) groups excluding carboxylic acids is 1. The van der Waals surface area contributed by atoms with Gasteiger partial charge in [0.2, 0.25) is 5.91 Å². The van der Waals surface area contributed by atoms with Gasteiger partial charge in [-0.05, 0) is 24.3 Å². The summed E-state index contributed by atoms with van der Waals surface area (Å²) in [4.78, 5) is 35.2. The number of fused-ring (bicyclic) bond motifs is 1. The largest absolute Gasteiger partial charge is 0.301 e. The molecule has 27 heavy (non-hydrogen) atoms. The summed E-state index contributed by atoms with van der Waals surface area (Å²) in [6, 6.07) is 5.68. The van der Waals surface area contributed by atoms with Crippen LogP contribution in [0.25, 0.3) is 16.7 Å². The Bertz CT molecular complexity index is 1150. The number of hydrogen-bond acceptors (Lipinski definition) is 7. The lowest BCUT2D eigenvalue weighted by molar-refractivity contribution is -0.113. The van der Waals surface area contributed by atoms with E-state index in [9.17, 15) is 14.0 Å². The molecule has 4 aromatic rings. The van der Waals surface area contributed by atoms with Crippen LogP contribution in [0.15, 0.2) is 52.0 Å². The number of anilines is 1. The van der Waals surface area contributed by atoms with Crippen LogP contribution in [-0.4, -0.2) is 36.4 Å². The molecular weight excluding hydrogens is 391 g/mol. The maximum absolute atomic E-state index is 13.1. The normalized spacial score (nSPS) is 11.0. The van der Waals surface area contributed by atoms with Crippen LogP contribution in [-0.2, 0) is 4.79 Å². The third kappa shape index (κ3) is 3.73. The Balaban J connectivity index is 1.58. The summed E-state index contributed by atoms with van der Waals surface area (Å²) in [6.07, 6.45) is 2.99. The number of aromatic amines is 1. The van der Waals surface area contributed by atoms with Crippen molar-refractivity contribution in [1.82, 2.24) is 24.7 Å². The molecule has 0 spiro atoms. The Morgan fingerprint density at radius 3 is 2.89 bits per heavy atom. The molecule has 8 nitrogen and oxygen atoms in total. The predicted octanol–water partition coefficient (Wildman–Crippen LogP) is 2.44. The number of hydrogen-bond donors (Lipinski definition) is 2. The van der Waals surface area contributed by atoms with Gasteiger partial charge in [-0.1, -0.05) is 11.8 Å². The lowest BCUT2D eigenvalue weighted by Gasteiger charge is -2.05. The highest BCUT2D eigenvalue weighted by molar-refractivity contribution is 7.99. The number of thiazole rings is 1. The van der Waals surface area contributed by atoms with Crippen molar-refractivity contribution in [1.29, 1.82) is 0 Å². The Labute approximate surface area is 159 Å². The summed E-state index contributed by atoms with van der Waals surface area (Å²) in [6.45, 7) is 0. The minimum atomic E-state index is -0.372. The molecule has 1 aromatic carbocycles. The van der Waals surface area contributed by atoms with E-state index in [0.29, 0.717) is 21.9 Å². The molecule has 0 saturated heterocycles. The highest BCUT2D eigenvalue weighted by Crippen LogP contribution is 2.19. The van der Waals surface area contributed by atoms with Gasteiger partial charge in [0.25, 0.3) is 5.56 Å². The highest BCUT2D eigenvalue weighted by Gasteiger charge is 2.13. The first-order valence-corrected chi connectivity index (χ1v) is 9.53. The Morgan fingerprint density at radius 1 is 1.33 bits per heavy atom. The first-order chi connectivity index (χ1) is 13.1. The fourth-order valence-electron chi connectivity index (χ4n) is 2.31. The molecule has 0 aliphatic rings. The molecular formula is C16H11FN6O2S2. The van der Waals surface area contributed by atoms with Crippen molar-refractivity contribution < 1.29 is 9.18 Å². The quantitative estimate of drug-likeness (QED) is 0.392. The number of nitrogens with zero attached hydrogens (tertiary/aromatic N) is 4. The first-order valence-electron chi connectivity index (χ1n) is 7.66. The third-order valence-electron chi connectivity index (χ3n) is 3.51. The second-order valence-electron chi connectivity index (χ2n) is 5.32. The summed E-state index contributed by atoms with van der Waals surface area (Å²) < 4.78 is 14.6. The average Bonchev–Trinajstić information content (AvgIpc) is 3.31. The van der Waals surface area contributed by atoms with Crippen LogP contribution in [0.1, 0.15) is 0 Å². The van der Waals surface area contributed by atoms with Crippen molar-refractivity contribution in [2.24, 2.45) is 0 Å². The van der Waals surface area contributed by atoms with Gasteiger partial charge in [-0.15, -0.1) is 11.3 Å². The van der Waals surface area contributed by atoms with Crippen molar-refractivity contribution in [3.63, 3.8) is 0 Å². The number of nitrogens with one attached hydrogen (secondary N) is 2. The van der Waals surface area contributed by atoms with Gasteiger partial charge in [0.15, 0.2) is 15.9 Å². The Morgan fingerprint density at radius 2 is 2.15 bits per heavy atom. The summed E-state index contributed by atoms with van der Waals surface area (Å²) in [5.41, 5.74) is 0.534. The number of rotatable bonds is 5. The molecule has 0 radical (unpaired) electrons. The second-order valence-corrected chi connectivity index (χ2v) is 7.17. The number of benzene rings is 1. The van der Waals surface area contributed by atoms with E-state index >= 15 is 0 Å². The minimum absolute atomic E-state index is 0.0543. The molecule has 0 aliphatic heterocycles. The van der Waals surface area contributed by atoms with Crippen LogP contribution in [0.5, 0.6) is 0 Å². The van der Waals surface area contributed by atoms with Crippen LogP contribution < -0.4 is 10.9 Å². The molecule has 0 bridgehead atoms. The Hall–Kier alpha value is -3.05. The molecule has 4 rings (SSSR count). The summed E-state index contributed by atoms with van der Waals surface area (Å²) >= 11 is 2.40. The van der Waals surface area contributed by atoms with Crippen molar-refractivity contribution in [3.05, 3.63) is 58.2 Å². The van der Waals surface area contributed by atoms with E-state index < -0.39 is 0 Å². The number of H-pyrrole nitrogens is 1. The molecule has 136 valence electrons. The molecule has 0 aliphatic carbocycles. The van der Waals surface area contributed by atoms with Gasteiger partial charge in [-0.3, -0.25) is 9.59 Å². The predicted molar refractivity (Wildman–Crippen MR) is 101 cm³/mol. The zero-order chi connectivity index (χ0) is 18.8. The van der Waals surface area contributed by atoms with Crippen molar-refractivity contribution in [2.75, 3.05) is 11.1 Å². The van der Waals surface area contributed by atoms with E-state index in [2.05, 4.69) is 25.4 Å². The van der Waals surface area contributed by atoms with Gasteiger partial charge in [0.1, 0.15) is 11.2 Å². The fraction of sp³-hybridized carbons (Fsp3) is 0.0625. The number of carbonyl (C=O) groups is 1. The zero-order valence-electron chi connectivity index (χ0n) is 13.5. The average molecular weight is 402 g/mol. The van der Waals surface area contributed by atoms with E-state index in [1.807, 2.05) is 0 Å². The molecule has 3 aromatic heterocycles. The molecule has 0 fully saturated rings. The third-order valence-corrected chi connectivity index (χ3v) is 5.07. The van der Waals surface area contributed by atoms with Gasteiger partial charge >= 0.3 is 0 Å². The smallest absolute Gasteiger partial charge is 0.262 e. The molecule has 0 unspecified atom stereocenters. The molecule has 11 heteroatoms. The molecule has 0 saturated carbocycles. The van der Waals surface area contributed by atoms with Gasteiger partial charge in [0.05, 0.1) is 17.6 Å². The fourth-order valence-corrected chi connectivity index (χ4v) is 3.51. The van der Waals surface area contributed by atoms with Crippen molar-refractivity contribution in [2.45, 2.75) is 5.16 Å². The summed E-state index contributed by atoms with van der Waals surface area (Å²) in [7, 11) is 0. The minimum Gasteiger partial charge on any atom is -0.301 e. The molecule has 3 heterocycles.